The Morgan fingerprint density at radius 3 is 2.72 bits per heavy atom. The van der Waals surface area contributed by atoms with Gasteiger partial charge in [0, 0.05) is 0 Å². The molecule has 18 heavy (non-hydrogen) atoms. The average molecular weight is 251 g/mol. The Morgan fingerprint density at radius 2 is 2.06 bits per heavy atom. The quantitative estimate of drug-likeness (QED) is 0.831. The average Bonchev–Trinajstić information content (AvgIpc) is 2.31. The fourth-order valence-electron chi connectivity index (χ4n) is 2.20. The van der Waals surface area contributed by atoms with Gasteiger partial charge in [0.1, 0.15) is 12.4 Å². The van der Waals surface area contributed by atoms with Gasteiger partial charge in [-0.2, -0.15) is 0 Å². The van der Waals surface area contributed by atoms with E-state index < -0.39 is 0 Å². The molecule has 0 radical (unpaired) electrons. The molecule has 1 aliphatic rings. The summed E-state index contributed by atoms with van der Waals surface area (Å²) in [4.78, 5) is 8.29. The molecule has 1 aromatic rings. The van der Waals surface area contributed by atoms with E-state index in [0.717, 1.165) is 30.9 Å². The third-order valence-electron chi connectivity index (χ3n) is 3.24. The van der Waals surface area contributed by atoms with Crippen molar-refractivity contribution in [3.05, 3.63) is 11.9 Å². The Morgan fingerprint density at radius 1 is 1.33 bits per heavy atom. The molecule has 0 aromatic carbocycles. The summed E-state index contributed by atoms with van der Waals surface area (Å²) in [7, 11) is 1.98. The second-order valence-electron chi connectivity index (χ2n) is 4.68. The first-order chi connectivity index (χ1) is 8.74. The van der Waals surface area contributed by atoms with Crippen molar-refractivity contribution in [2.45, 2.75) is 32.8 Å². The van der Waals surface area contributed by atoms with Gasteiger partial charge in [0.05, 0.1) is 12.2 Å². The molecule has 1 aromatic heterocycles. The highest BCUT2D eigenvalue weighted by molar-refractivity contribution is 5.32. The van der Waals surface area contributed by atoms with Crippen LogP contribution in [0, 0.1) is 12.8 Å². The summed E-state index contributed by atoms with van der Waals surface area (Å²) in [5, 5.41) is 3.19. The van der Waals surface area contributed by atoms with Gasteiger partial charge in [-0.15, -0.1) is 0 Å². The van der Waals surface area contributed by atoms with Crippen LogP contribution < -0.4 is 14.8 Å². The summed E-state index contributed by atoms with van der Waals surface area (Å²) in [6, 6.07) is 0. The molecule has 1 saturated carbocycles. The van der Waals surface area contributed by atoms with Crippen molar-refractivity contribution in [2.75, 3.05) is 20.2 Å². The third kappa shape index (κ3) is 2.90. The molecular weight excluding hydrogens is 230 g/mol. The maximum atomic E-state index is 5.89. The van der Waals surface area contributed by atoms with Crippen LogP contribution in [0.2, 0.25) is 0 Å². The van der Waals surface area contributed by atoms with E-state index in [1.54, 1.807) is 0 Å². The monoisotopic (exact) mass is 251 g/mol. The van der Waals surface area contributed by atoms with Gasteiger partial charge in [0.15, 0.2) is 0 Å². The van der Waals surface area contributed by atoms with Crippen LogP contribution >= 0.6 is 0 Å². The summed E-state index contributed by atoms with van der Waals surface area (Å²) < 4.78 is 11.3. The topological polar surface area (TPSA) is 56.3 Å². The zero-order chi connectivity index (χ0) is 13.0. The van der Waals surface area contributed by atoms with Crippen LogP contribution in [0.3, 0.4) is 0 Å². The van der Waals surface area contributed by atoms with Crippen LogP contribution in [-0.2, 0) is 0 Å². The molecule has 0 saturated heterocycles. The first-order valence-electron chi connectivity index (χ1n) is 6.50. The van der Waals surface area contributed by atoms with Gasteiger partial charge in [-0.05, 0) is 46.2 Å². The number of nitrogens with zero attached hydrogens (tertiary/aromatic N) is 2. The fourth-order valence-corrected chi connectivity index (χ4v) is 2.20. The van der Waals surface area contributed by atoms with Crippen molar-refractivity contribution < 1.29 is 9.47 Å². The maximum Gasteiger partial charge on any atom is 0.223 e. The van der Waals surface area contributed by atoms with Crippen molar-refractivity contribution >= 4 is 0 Å². The lowest BCUT2D eigenvalue weighted by Crippen LogP contribution is -2.39. The lowest BCUT2D eigenvalue weighted by molar-refractivity contribution is 0.0604. The first-order valence-corrected chi connectivity index (χ1v) is 6.50. The molecule has 2 rings (SSSR count). The number of nitrogens with one attached hydrogen (secondary N) is 1. The number of ether oxygens (including phenoxy) is 2. The number of hydrogen-bond donors (Lipinski definition) is 1. The third-order valence-corrected chi connectivity index (χ3v) is 3.24. The highest BCUT2D eigenvalue weighted by Crippen LogP contribution is 2.32. The molecule has 100 valence electrons. The lowest BCUT2D eigenvalue weighted by atomic mass is 9.82. The zero-order valence-corrected chi connectivity index (χ0v) is 11.3. The van der Waals surface area contributed by atoms with Gasteiger partial charge in [0.2, 0.25) is 11.8 Å². The van der Waals surface area contributed by atoms with Crippen LogP contribution in [0.25, 0.3) is 0 Å². The highest BCUT2D eigenvalue weighted by Gasteiger charge is 2.31. The predicted molar refractivity (Wildman–Crippen MR) is 69.0 cm³/mol. The minimum absolute atomic E-state index is 0.284. The molecule has 0 aliphatic heterocycles. The second kappa shape index (κ2) is 6.00. The predicted octanol–water partition coefficient (Wildman–Crippen LogP) is 1.56. The summed E-state index contributed by atoms with van der Waals surface area (Å²) in [5.41, 5.74) is 0.886. The molecule has 1 aliphatic carbocycles. The van der Waals surface area contributed by atoms with Crippen LogP contribution in [0.1, 0.15) is 25.3 Å². The standard InChI is InChI=1S/C13H21N3O2/c1-4-17-12-9(2)13(16-8-15-12)18-11-5-10(6-11)7-14-3/h8,10-11,14H,4-7H2,1-3H3. The maximum absolute atomic E-state index is 5.89. The molecule has 0 atom stereocenters. The molecule has 5 heteroatoms. The molecule has 1 N–H and O–H groups in total. The minimum atomic E-state index is 0.284. The molecule has 1 fully saturated rings. The van der Waals surface area contributed by atoms with Gasteiger partial charge in [0.25, 0.3) is 0 Å². The Labute approximate surface area is 108 Å². The van der Waals surface area contributed by atoms with Crippen LogP contribution in [0.15, 0.2) is 6.33 Å². The first kappa shape index (κ1) is 13.1. The Bertz CT molecular complexity index is 392. The van der Waals surface area contributed by atoms with Crippen LogP contribution in [0.5, 0.6) is 11.8 Å². The summed E-state index contributed by atoms with van der Waals surface area (Å²) in [6.45, 7) is 5.54. The molecule has 0 spiro atoms. The van der Waals surface area contributed by atoms with Gasteiger partial charge in [-0.3, -0.25) is 0 Å². The second-order valence-corrected chi connectivity index (χ2v) is 4.68. The van der Waals surface area contributed by atoms with E-state index in [2.05, 4.69) is 15.3 Å². The lowest BCUT2D eigenvalue weighted by Gasteiger charge is -2.35. The molecule has 0 unspecified atom stereocenters. The van der Waals surface area contributed by atoms with Gasteiger partial charge in [-0.25, -0.2) is 9.97 Å². The van der Waals surface area contributed by atoms with E-state index in [-0.39, 0.29) is 6.10 Å². The van der Waals surface area contributed by atoms with Crippen molar-refractivity contribution in [3.8, 4) is 11.8 Å². The highest BCUT2D eigenvalue weighted by atomic mass is 16.5. The van der Waals surface area contributed by atoms with Crippen LogP contribution in [0.4, 0.5) is 0 Å². The Kier molecular flexibility index (Phi) is 4.36. The van der Waals surface area contributed by atoms with Crippen molar-refractivity contribution in [3.63, 3.8) is 0 Å². The summed E-state index contributed by atoms with van der Waals surface area (Å²) >= 11 is 0. The Balaban J connectivity index is 1.92. The largest absolute Gasteiger partial charge is 0.478 e. The number of hydrogen-bond acceptors (Lipinski definition) is 5. The number of aromatic nitrogens is 2. The molecule has 0 amide bonds. The smallest absolute Gasteiger partial charge is 0.223 e. The van der Waals surface area contributed by atoms with E-state index in [4.69, 9.17) is 9.47 Å². The van der Waals surface area contributed by atoms with E-state index in [1.165, 1.54) is 6.33 Å². The Hall–Kier alpha value is -1.36. The minimum Gasteiger partial charge on any atom is -0.478 e. The summed E-state index contributed by atoms with van der Waals surface area (Å²) in [6.07, 6.45) is 3.96. The van der Waals surface area contributed by atoms with E-state index >= 15 is 0 Å². The summed E-state index contributed by atoms with van der Waals surface area (Å²) in [5.74, 6) is 2.00. The zero-order valence-electron chi connectivity index (χ0n) is 11.3. The van der Waals surface area contributed by atoms with Gasteiger partial charge < -0.3 is 14.8 Å². The van der Waals surface area contributed by atoms with Crippen LogP contribution in [-0.4, -0.2) is 36.3 Å². The molecule has 0 bridgehead atoms. The fraction of sp³-hybridized carbons (Fsp3) is 0.692. The van der Waals surface area contributed by atoms with E-state index in [1.807, 2.05) is 20.9 Å². The van der Waals surface area contributed by atoms with E-state index in [0.29, 0.717) is 18.4 Å². The van der Waals surface area contributed by atoms with Crippen molar-refractivity contribution in [2.24, 2.45) is 5.92 Å². The SMILES string of the molecule is CCOc1ncnc(OC2CC(CNC)C2)c1C. The van der Waals surface area contributed by atoms with Crippen molar-refractivity contribution in [1.82, 2.24) is 15.3 Å². The van der Waals surface area contributed by atoms with E-state index in [9.17, 15) is 0 Å². The van der Waals surface area contributed by atoms with Gasteiger partial charge >= 0.3 is 0 Å². The molecule has 1 heterocycles. The normalized spacial score (nSPS) is 22.4. The van der Waals surface area contributed by atoms with Crippen molar-refractivity contribution in [1.29, 1.82) is 0 Å². The number of rotatable bonds is 6. The molecular formula is C13H21N3O2. The molecule has 5 nitrogen and oxygen atoms in total. The van der Waals surface area contributed by atoms with Gasteiger partial charge in [-0.1, -0.05) is 0 Å².